The first-order valence-corrected chi connectivity index (χ1v) is 38.0. The lowest BCUT2D eigenvalue weighted by Gasteiger charge is -2.46. The molecule has 0 aromatic rings. The van der Waals surface area contributed by atoms with E-state index in [9.17, 15) is 45.6 Å². The highest BCUT2D eigenvalue weighted by Crippen LogP contribution is 2.30. The largest absolute Gasteiger partial charge is 0.394 e. The van der Waals surface area contributed by atoms with E-state index in [1.165, 1.54) is 250 Å². The van der Waals surface area contributed by atoms with Crippen molar-refractivity contribution in [1.82, 2.24) is 5.32 Å². The second kappa shape index (κ2) is 61.3. The Morgan fingerprint density at radius 3 is 1.15 bits per heavy atom. The van der Waals surface area contributed by atoms with Gasteiger partial charge < -0.3 is 65.1 Å². The van der Waals surface area contributed by atoms with Gasteiger partial charge in [0, 0.05) is 6.42 Å². The number of hydrogen-bond donors (Lipinski definition) is 9. The molecule has 0 saturated carbocycles. The number of aliphatic hydroxyl groups excluding tert-OH is 8. The highest BCUT2D eigenvalue weighted by atomic mass is 16.7. The predicted octanol–water partition coefficient (Wildman–Crippen LogP) is 16.4. The van der Waals surface area contributed by atoms with Crippen LogP contribution in [0.25, 0.3) is 0 Å². The molecule has 0 aromatic heterocycles. The summed E-state index contributed by atoms with van der Waals surface area (Å²) in [4.78, 5) is 13.4. The molecule has 2 fully saturated rings. The Morgan fingerprint density at radius 1 is 0.396 bits per heavy atom. The molecule has 2 aliphatic rings. The maximum absolute atomic E-state index is 13.4. The summed E-state index contributed by atoms with van der Waals surface area (Å²) in [6.07, 6.45) is 65.7. The van der Waals surface area contributed by atoms with Gasteiger partial charge in [-0.1, -0.05) is 312 Å². The molecule has 14 nitrogen and oxygen atoms in total. The second-order valence-corrected chi connectivity index (χ2v) is 26.8. The van der Waals surface area contributed by atoms with Crippen molar-refractivity contribution in [3.63, 3.8) is 0 Å². The van der Waals surface area contributed by atoms with E-state index in [1.807, 2.05) is 6.08 Å². The molecule has 1 amide bonds. The molecule has 0 bridgehead atoms. The first-order valence-electron chi connectivity index (χ1n) is 38.0. The number of nitrogens with one attached hydrogen (secondary N) is 1. The van der Waals surface area contributed by atoms with E-state index in [0.29, 0.717) is 12.8 Å². The van der Waals surface area contributed by atoms with Crippen LogP contribution in [0.5, 0.6) is 0 Å². The van der Waals surface area contributed by atoms with Gasteiger partial charge in [0.25, 0.3) is 0 Å². The molecule has 2 saturated heterocycles. The highest BCUT2D eigenvalue weighted by molar-refractivity contribution is 5.76. The molecule has 2 heterocycles. The molecular formula is C77H141NO13. The van der Waals surface area contributed by atoms with Crippen molar-refractivity contribution in [2.75, 3.05) is 19.8 Å². The molecule has 532 valence electrons. The third-order valence-corrected chi connectivity index (χ3v) is 18.4. The number of unbranched alkanes of at least 4 members (excludes halogenated alkanes) is 42. The summed E-state index contributed by atoms with van der Waals surface area (Å²) in [7, 11) is 0. The van der Waals surface area contributed by atoms with Crippen molar-refractivity contribution >= 4 is 5.91 Å². The van der Waals surface area contributed by atoms with E-state index in [1.54, 1.807) is 6.08 Å². The van der Waals surface area contributed by atoms with Crippen LogP contribution in [0, 0.1) is 0 Å². The minimum Gasteiger partial charge on any atom is -0.394 e. The Morgan fingerprint density at radius 2 is 0.736 bits per heavy atom. The topological polar surface area (TPSA) is 228 Å². The van der Waals surface area contributed by atoms with E-state index in [0.717, 1.165) is 44.9 Å². The van der Waals surface area contributed by atoms with Gasteiger partial charge in [0.15, 0.2) is 12.6 Å². The number of aliphatic hydroxyl groups is 8. The summed E-state index contributed by atoms with van der Waals surface area (Å²) >= 11 is 0. The first kappa shape index (κ1) is 84.8. The summed E-state index contributed by atoms with van der Waals surface area (Å²) in [5.41, 5.74) is 0. The molecule has 12 atom stereocenters. The zero-order valence-electron chi connectivity index (χ0n) is 58.1. The quantitative estimate of drug-likeness (QED) is 0.0204. The fraction of sp³-hybridized carbons (Fsp3) is 0.857. The van der Waals surface area contributed by atoms with Crippen LogP contribution >= 0.6 is 0 Å². The standard InChI is InChI=1S/C77H141NO13/c1-3-5-7-9-11-13-15-17-19-21-23-25-27-29-31-33-35-37-39-41-43-45-47-49-51-53-55-57-59-61-69(82)78-65(64-88-76-74(87)72(85)75(68(63-80)90-76)91-77-73(86)71(84)70(83)67(62-79)89-77)66(81)60-58-56-54-52-50-48-46-44-42-40-38-36-34-32-30-28-26-24-22-20-18-16-14-12-10-8-6-4-2/h15,17,21,23,27,29,50,52,58,60,65-68,70-77,79-81,83-87H,3-14,16,18-20,22,24-26,28,30-49,51,53-57,59,61-64H2,1-2H3,(H,78,82)/b17-15-,23-21-,29-27-,52-50+,60-58+. The summed E-state index contributed by atoms with van der Waals surface area (Å²) in [6, 6.07) is -0.936. The lowest BCUT2D eigenvalue weighted by molar-refractivity contribution is -0.359. The van der Waals surface area contributed by atoms with E-state index in [2.05, 4.69) is 67.8 Å². The first-order chi connectivity index (χ1) is 44.6. The number of rotatable bonds is 63. The maximum Gasteiger partial charge on any atom is 0.220 e. The van der Waals surface area contributed by atoms with Gasteiger partial charge in [-0.25, -0.2) is 0 Å². The van der Waals surface area contributed by atoms with Crippen LogP contribution in [0.3, 0.4) is 0 Å². The average molecular weight is 1290 g/mol. The fourth-order valence-corrected chi connectivity index (χ4v) is 12.4. The zero-order valence-corrected chi connectivity index (χ0v) is 58.1. The van der Waals surface area contributed by atoms with Gasteiger partial charge in [0.1, 0.15) is 48.8 Å². The molecule has 0 aliphatic carbocycles. The normalized spacial score (nSPS) is 23.1. The predicted molar refractivity (Wildman–Crippen MR) is 374 cm³/mol. The molecule has 9 N–H and O–H groups in total. The lowest BCUT2D eigenvalue weighted by atomic mass is 9.97. The number of hydrogen-bond acceptors (Lipinski definition) is 13. The monoisotopic (exact) mass is 1290 g/mol. The summed E-state index contributed by atoms with van der Waals surface area (Å²) < 4.78 is 22.9. The maximum atomic E-state index is 13.4. The van der Waals surface area contributed by atoms with Crippen molar-refractivity contribution < 1.29 is 64.6 Å². The number of carbonyl (C=O) groups excluding carboxylic acids is 1. The molecular weight excluding hydrogens is 1150 g/mol. The van der Waals surface area contributed by atoms with Crippen molar-refractivity contribution in [1.29, 1.82) is 0 Å². The van der Waals surface area contributed by atoms with Crippen molar-refractivity contribution in [3.8, 4) is 0 Å². The molecule has 0 spiro atoms. The summed E-state index contributed by atoms with van der Waals surface area (Å²) in [5, 5.41) is 87.6. The summed E-state index contributed by atoms with van der Waals surface area (Å²) in [5.74, 6) is -0.247. The van der Waals surface area contributed by atoms with Crippen LogP contribution in [0.4, 0.5) is 0 Å². The Hall–Kier alpha value is -2.31. The van der Waals surface area contributed by atoms with Gasteiger partial charge in [-0.3, -0.25) is 4.79 Å². The van der Waals surface area contributed by atoms with E-state index in [-0.39, 0.29) is 18.9 Å². The molecule has 2 aliphatic heterocycles. The van der Waals surface area contributed by atoms with Gasteiger partial charge in [0.05, 0.1) is 32.0 Å². The number of carbonyl (C=O) groups is 1. The molecule has 12 unspecified atom stereocenters. The van der Waals surface area contributed by atoms with Crippen LogP contribution in [0.2, 0.25) is 0 Å². The van der Waals surface area contributed by atoms with Crippen LogP contribution in [0.15, 0.2) is 60.8 Å². The fourth-order valence-electron chi connectivity index (χ4n) is 12.4. The number of amides is 1. The third-order valence-electron chi connectivity index (χ3n) is 18.4. The Labute approximate surface area is 556 Å². The Balaban J connectivity index is 1.66. The van der Waals surface area contributed by atoms with Crippen LogP contribution in [-0.4, -0.2) is 140 Å². The van der Waals surface area contributed by atoms with Gasteiger partial charge in [-0.15, -0.1) is 0 Å². The van der Waals surface area contributed by atoms with E-state index < -0.39 is 86.8 Å². The van der Waals surface area contributed by atoms with Gasteiger partial charge >= 0.3 is 0 Å². The molecule has 14 heteroatoms. The van der Waals surface area contributed by atoms with Crippen molar-refractivity contribution in [3.05, 3.63) is 60.8 Å². The van der Waals surface area contributed by atoms with Crippen molar-refractivity contribution in [2.45, 2.75) is 402 Å². The summed E-state index contributed by atoms with van der Waals surface area (Å²) in [6.45, 7) is 2.82. The minimum absolute atomic E-state index is 0.247. The van der Waals surface area contributed by atoms with Crippen LogP contribution in [0.1, 0.15) is 328 Å². The average Bonchev–Trinajstić information content (AvgIpc) is 1.06. The Kier molecular flexibility index (Phi) is 57.1. The van der Waals surface area contributed by atoms with Gasteiger partial charge in [-0.05, 0) is 70.6 Å². The smallest absolute Gasteiger partial charge is 0.220 e. The van der Waals surface area contributed by atoms with E-state index >= 15 is 0 Å². The van der Waals surface area contributed by atoms with E-state index in [4.69, 9.17) is 18.9 Å². The molecule has 0 radical (unpaired) electrons. The highest BCUT2D eigenvalue weighted by Gasteiger charge is 2.51. The molecule has 2 rings (SSSR count). The van der Waals surface area contributed by atoms with Crippen LogP contribution in [-0.2, 0) is 23.7 Å². The SMILES string of the molecule is CCCCCCC/C=C\C/C=C\C/C=C\CCCCCCCCCCCCCCCCC(=O)NC(COC1OC(CO)C(OC2OC(CO)C(O)C(O)C2O)C(O)C1O)C(O)/C=C/CC/C=C/CCCCCCCCCCCCCCCCCCCCCCCC. The lowest BCUT2D eigenvalue weighted by Crippen LogP contribution is -2.65. The van der Waals surface area contributed by atoms with Gasteiger partial charge in [0.2, 0.25) is 5.91 Å². The van der Waals surface area contributed by atoms with Gasteiger partial charge in [-0.2, -0.15) is 0 Å². The van der Waals surface area contributed by atoms with Crippen LogP contribution < -0.4 is 5.32 Å². The number of allylic oxidation sites excluding steroid dienone is 9. The molecule has 91 heavy (non-hydrogen) atoms. The number of ether oxygens (including phenoxy) is 4. The Bertz CT molecular complexity index is 1760. The zero-order chi connectivity index (χ0) is 65.9. The third kappa shape index (κ3) is 44.9. The second-order valence-electron chi connectivity index (χ2n) is 26.8. The minimum atomic E-state index is -1.79. The molecule has 0 aromatic carbocycles. The van der Waals surface area contributed by atoms with Crippen molar-refractivity contribution in [2.24, 2.45) is 0 Å².